The molecule has 1 fully saturated rings. The van der Waals surface area contributed by atoms with Crippen LogP contribution in [0.25, 0.3) is 12.2 Å². The van der Waals surface area contributed by atoms with Gasteiger partial charge in [-0.15, -0.1) is 0 Å². The van der Waals surface area contributed by atoms with Crippen molar-refractivity contribution in [2.45, 2.75) is 38.5 Å². The number of thiazole rings is 1. The minimum atomic E-state index is -1.49. The van der Waals surface area contributed by atoms with E-state index in [1.54, 1.807) is 6.20 Å². The third-order valence-electron chi connectivity index (χ3n) is 4.45. The van der Waals surface area contributed by atoms with Crippen LogP contribution in [-0.4, -0.2) is 55.2 Å². The third-order valence-corrected chi connectivity index (χ3v) is 7.04. The molecule has 0 bridgehead atoms. The summed E-state index contributed by atoms with van der Waals surface area (Å²) in [5.74, 6) is 0.593. The van der Waals surface area contributed by atoms with E-state index >= 15 is 0 Å². The second-order valence-corrected chi connectivity index (χ2v) is 13.9. The molecule has 1 saturated heterocycles. The number of aromatic nitrogens is 2. The Morgan fingerprint density at radius 2 is 2.00 bits per heavy atom. The first-order valence-electron chi connectivity index (χ1n) is 9.16. The summed E-state index contributed by atoms with van der Waals surface area (Å²) < 4.78 is 5.80. The van der Waals surface area contributed by atoms with Gasteiger partial charge in [-0.25, -0.2) is 14.8 Å². The van der Waals surface area contributed by atoms with Gasteiger partial charge in [-0.3, -0.25) is 5.32 Å². The van der Waals surface area contributed by atoms with Gasteiger partial charge < -0.3 is 14.6 Å². The monoisotopic (exact) mass is 405 g/mol. The lowest BCUT2D eigenvalue weighted by Crippen LogP contribution is -2.44. The Morgan fingerprint density at radius 3 is 2.67 bits per heavy atom. The van der Waals surface area contributed by atoms with Crippen LogP contribution in [-0.2, 0) is 0 Å². The lowest BCUT2D eigenvalue weighted by molar-refractivity contribution is 0.221. The van der Waals surface area contributed by atoms with Crippen molar-refractivity contribution in [1.29, 1.82) is 0 Å². The summed E-state index contributed by atoms with van der Waals surface area (Å²) in [6.45, 7) is 8.69. The third kappa shape index (κ3) is 5.75. The van der Waals surface area contributed by atoms with Gasteiger partial charge in [0.25, 0.3) is 0 Å². The van der Waals surface area contributed by atoms with Gasteiger partial charge in [0.15, 0.2) is 5.13 Å². The van der Waals surface area contributed by atoms with Crippen molar-refractivity contribution in [3.63, 3.8) is 0 Å². The summed E-state index contributed by atoms with van der Waals surface area (Å²) in [5.41, 5.74) is 0. The van der Waals surface area contributed by atoms with Crippen LogP contribution >= 0.6 is 11.3 Å². The topological polar surface area (TPSA) is 83.3 Å². The number of anilines is 1. The highest BCUT2D eigenvalue weighted by atomic mass is 32.1. The van der Waals surface area contributed by atoms with Gasteiger partial charge in [-0.05, 0) is 39.1 Å². The molecule has 0 aromatic carbocycles. The van der Waals surface area contributed by atoms with Gasteiger partial charge in [-0.2, -0.15) is 0 Å². The average Bonchev–Trinajstić information content (AvgIpc) is 3.24. The summed E-state index contributed by atoms with van der Waals surface area (Å²) in [6.07, 6.45) is 9.24. The molecule has 0 atom stereocenters. The van der Waals surface area contributed by atoms with E-state index in [1.165, 1.54) is 11.3 Å². The summed E-state index contributed by atoms with van der Waals surface area (Å²) in [6, 6.07) is 0.0352. The molecule has 0 unspecified atom stereocenters. The van der Waals surface area contributed by atoms with Crippen LogP contribution < -0.4 is 16.0 Å². The Labute approximate surface area is 164 Å². The number of hydrogen-bond donors (Lipinski definition) is 2. The highest BCUT2D eigenvalue weighted by Gasteiger charge is 2.21. The molecular weight excluding hydrogens is 378 g/mol. The molecule has 0 saturated carbocycles. The number of hydrogen-bond acceptors (Lipinski definition) is 6. The van der Waals surface area contributed by atoms with Crippen LogP contribution in [0.15, 0.2) is 16.8 Å². The van der Waals surface area contributed by atoms with Crippen molar-refractivity contribution in [1.82, 2.24) is 20.2 Å². The number of likely N-dealkylation sites (tertiary alicyclic amines) is 1. The molecule has 3 rings (SSSR count). The number of oxazole rings is 1. The van der Waals surface area contributed by atoms with E-state index in [-0.39, 0.29) is 12.1 Å². The van der Waals surface area contributed by atoms with E-state index in [0.29, 0.717) is 11.0 Å². The van der Waals surface area contributed by atoms with Crippen LogP contribution in [0.2, 0.25) is 19.6 Å². The van der Waals surface area contributed by atoms with Crippen LogP contribution in [0.1, 0.15) is 23.6 Å². The number of nitrogens with zero attached hydrogens (tertiary/aromatic N) is 3. The van der Waals surface area contributed by atoms with E-state index in [2.05, 4.69) is 52.2 Å². The molecule has 146 valence electrons. The fourth-order valence-electron chi connectivity index (χ4n) is 2.76. The van der Waals surface area contributed by atoms with E-state index in [1.807, 2.05) is 18.3 Å². The molecule has 1 aliphatic rings. The van der Waals surface area contributed by atoms with Crippen LogP contribution in [0, 0.1) is 0 Å². The lowest BCUT2D eigenvalue weighted by atomic mass is 10.1. The number of rotatable bonds is 5. The number of carbonyl (C=O) groups is 1. The second-order valence-electron chi connectivity index (χ2n) is 7.89. The fourth-order valence-corrected chi connectivity index (χ4v) is 4.33. The Bertz CT molecular complexity index is 803. The van der Waals surface area contributed by atoms with Gasteiger partial charge in [0.2, 0.25) is 5.89 Å². The Kier molecular flexibility index (Phi) is 6.13. The maximum absolute atomic E-state index is 12.1. The van der Waals surface area contributed by atoms with Crippen molar-refractivity contribution in [2.24, 2.45) is 0 Å². The number of urea groups is 1. The first-order valence-corrected chi connectivity index (χ1v) is 13.5. The maximum atomic E-state index is 12.1. The van der Waals surface area contributed by atoms with Crippen molar-refractivity contribution < 1.29 is 9.21 Å². The highest BCUT2D eigenvalue weighted by molar-refractivity contribution is 7.16. The predicted molar refractivity (Wildman–Crippen MR) is 113 cm³/mol. The smallest absolute Gasteiger partial charge is 0.321 e. The van der Waals surface area contributed by atoms with Gasteiger partial charge in [-0.1, -0.05) is 31.0 Å². The maximum Gasteiger partial charge on any atom is 0.321 e. The fraction of sp³-hybridized carbons (Fsp3) is 0.500. The number of amides is 2. The SMILES string of the molecule is CN1CCC(NC(=O)Nc2ncc(/C=C/c3ncc([Si](C)(C)C)o3)s2)CC1. The molecule has 0 aliphatic carbocycles. The Balaban J connectivity index is 1.52. The standard InChI is InChI=1S/C18H27N5O2SSi/c1-23-9-7-13(8-10-23)21-17(24)22-18-20-11-14(26-18)5-6-15-19-12-16(25-15)27(2,3)4/h5-6,11-13H,7-10H2,1-4H3,(H2,20,21,22,24)/b6-5+. The molecule has 9 heteroatoms. The quantitative estimate of drug-likeness (QED) is 0.747. The van der Waals surface area contributed by atoms with Crippen molar-refractivity contribution in [3.8, 4) is 0 Å². The molecule has 7 nitrogen and oxygen atoms in total. The van der Waals surface area contributed by atoms with E-state index < -0.39 is 8.07 Å². The van der Waals surface area contributed by atoms with E-state index in [4.69, 9.17) is 4.42 Å². The molecule has 2 aromatic heterocycles. The van der Waals surface area contributed by atoms with Gasteiger partial charge in [0, 0.05) is 23.2 Å². The summed E-state index contributed by atoms with van der Waals surface area (Å²) in [5, 5.41) is 7.41. The Morgan fingerprint density at radius 1 is 1.26 bits per heavy atom. The van der Waals surface area contributed by atoms with Gasteiger partial charge in [0.05, 0.1) is 6.20 Å². The molecule has 0 radical (unpaired) electrons. The van der Waals surface area contributed by atoms with Crippen molar-refractivity contribution in [3.05, 3.63) is 23.2 Å². The number of nitrogens with one attached hydrogen (secondary N) is 2. The minimum absolute atomic E-state index is 0.193. The highest BCUT2D eigenvalue weighted by Crippen LogP contribution is 2.20. The zero-order valence-corrected chi connectivity index (χ0v) is 18.1. The lowest BCUT2D eigenvalue weighted by Gasteiger charge is -2.29. The van der Waals surface area contributed by atoms with Crippen LogP contribution in [0.3, 0.4) is 0 Å². The molecule has 2 aromatic rings. The molecule has 2 N–H and O–H groups in total. The zero-order chi connectivity index (χ0) is 19.4. The molecule has 27 heavy (non-hydrogen) atoms. The summed E-state index contributed by atoms with van der Waals surface area (Å²) in [7, 11) is 0.615. The van der Waals surface area contributed by atoms with Crippen molar-refractivity contribution in [2.75, 3.05) is 25.5 Å². The predicted octanol–water partition coefficient (Wildman–Crippen LogP) is 3.06. The zero-order valence-electron chi connectivity index (χ0n) is 16.3. The number of piperidine rings is 1. The first-order chi connectivity index (χ1) is 12.8. The van der Waals surface area contributed by atoms with E-state index in [9.17, 15) is 4.79 Å². The summed E-state index contributed by atoms with van der Waals surface area (Å²) >= 11 is 1.42. The Hall–Kier alpha value is -1.97. The largest absolute Gasteiger partial charge is 0.447 e. The molecule has 2 amide bonds. The van der Waals surface area contributed by atoms with Crippen LogP contribution in [0.4, 0.5) is 9.93 Å². The molecular formula is C18H27N5O2SSi. The van der Waals surface area contributed by atoms with Gasteiger partial charge >= 0.3 is 6.03 Å². The normalized spacial score (nSPS) is 16.7. The number of carbonyl (C=O) groups excluding carboxylic acids is 1. The summed E-state index contributed by atoms with van der Waals surface area (Å²) in [4.78, 5) is 23.9. The first kappa shape index (κ1) is 19.8. The minimum Gasteiger partial charge on any atom is -0.447 e. The molecule has 3 heterocycles. The molecule has 0 spiro atoms. The second kappa shape index (κ2) is 8.36. The van der Waals surface area contributed by atoms with Crippen LogP contribution in [0.5, 0.6) is 0 Å². The van der Waals surface area contributed by atoms with Gasteiger partial charge in [0.1, 0.15) is 13.5 Å². The molecule has 1 aliphatic heterocycles. The van der Waals surface area contributed by atoms with E-state index in [0.717, 1.165) is 36.2 Å². The van der Waals surface area contributed by atoms with Crippen molar-refractivity contribution >= 4 is 48.1 Å². The average molecular weight is 406 g/mol.